The Morgan fingerprint density at radius 1 is 1.14 bits per heavy atom. The zero-order valence-corrected chi connectivity index (χ0v) is 17.0. The molecule has 0 saturated carbocycles. The Balaban J connectivity index is 1.15. The van der Waals surface area contributed by atoms with E-state index < -0.39 is 12.0 Å². The first-order valence-corrected chi connectivity index (χ1v) is 10.9. The van der Waals surface area contributed by atoms with Crippen molar-refractivity contribution in [1.82, 2.24) is 9.88 Å². The first-order chi connectivity index (χ1) is 14.2. The minimum absolute atomic E-state index is 0.504. The molecule has 1 atom stereocenters. The molecule has 5 nitrogen and oxygen atoms in total. The summed E-state index contributed by atoms with van der Waals surface area (Å²) in [6.07, 6.45) is 8.17. The van der Waals surface area contributed by atoms with Crippen molar-refractivity contribution in [3.05, 3.63) is 59.3 Å². The number of nitrogens with zero attached hydrogens (tertiary/aromatic N) is 2. The van der Waals surface area contributed by atoms with E-state index in [9.17, 15) is 9.90 Å². The molecule has 0 aliphatic carbocycles. The van der Waals surface area contributed by atoms with E-state index in [1.54, 1.807) is 0 Å². The van der Waals surface area contributed by atoms with Crippen LogP contribution in [-0.4, -0.2) is 40.6 Å². The van der Waals surface area contributed by atoms with E-state index in [0.29, 0.717) is 5.92 Å². The molecule has 0 amide bonds. The number of likely N-dealkylation sites (tertiary alicyclic amines) is 1. The summed E-state index contributed by atoms with van der Waals surface area (Å²) in [5, 5.41) is 13.0. The van der Waals surface area contributed by atoms with Crippen LogP contribution in [0.5, 0.6) is 0 Å². The molecule has 3 heterocycles. The van der Waals surface area contributed by atoms with E-state index >= 15 is 0 Å². The number of pyridine rings is 1. The number of unbranched alkanes of at least 4 members (excludes halogenated alkanes) is 2. The van der Waals surface area contributed by atoms with Crippen LogP contribution in [-0.2, 0) is 17.6 Å². The molecule has 2 aromatic rings. The second kappa shape index (κ2) is 9.40. The largest absolute Gasteiger partial charge is 0.480 e. The standard InChI is InChI=1S/C24H31N3O2/c28-24(29)22(19-9-4-2-5-10-19)27-16-18(17-27)8-3-1-6-12-21-14-13-20-11-7-15-25-23(20)26-21/h2,4-5,9-10,13-14,18,22H,1,3,6-8,11-12,15-17H2,(H,25,26)(H,28,29)/t22-/m1/s1. The SMILES string of the molecule is O=C(O)[C@@H](c1ccccc1)N1CC(CCCCCc2ccc3c(n2)NCCC3)C1. The van der Waals surface area contributed by atoms with Gasteiger partial charge in [-0.05, 0) is 55.2 Å². The average molecular weight is 394 g/mol. The van der Waals surface area contributed by atoms with Crippen LogP contribution < -0.4 is 5.32 Å². The summed E-state index contributed by atoms with van der Waals surface area (Å²) in [6, 6.07) is 13.5. The zero-order valence-electron chi connectivity index (χ0n) is 17.0. The van der Waals surface area contributed by atoms with Crippen molar-refractivity contribution in [3.63, 3.8) is 0 Å². The molecule has 2 aliphatic heterocycles. The van der Waals surface area contributed by atoms with E-state index in [0.717, 1.165) is 43.9 Å². The van der Waals surface area contributed by atoms with Gasteiger partial charge in [0.05, 0.1) is 0 Å². The van der Waals surface area contributed by atoms with Crippen LogP contribution in [0.3, 0.4) is 0 Å². The number of fused-ring (bicyclic) bond motifs is 1. The highest BCUT2D eigenvalue weighted by Crippen LogP contribution is 2.31. The predicted molar refractivity (Wildman–Crippen MR) is 115 cm³/mol. The lowest BCUT2D eigenvalue weighted by molar-refractivity contribution is -0.146. The number of aromatic nitrogens is 1. The molecule has 2 N–H and O–H groups in total. The fourth-order valence-corrected chi connectivity index (χ4v) is 4.57. The number of carboxylic acids is 1. The van der Waals surface area contributed by atoms with E-state index in [2.05, 4.69) is 22.3 Å². The van der Waals surface area contributed by atoms with E-state index in [1.165, 1.54) is 43.4 Å². The lowest BCUT2D eigenvalue weighted by atomic mass is 9.90. The van der Waals surface area contributed by atoms with Gasteiger partial charge in [-0.2, -0.15) is 0 Å². The smallest absolute Gasteiger partial charge is 0.325 e. The van der Waals surface area contributed by atoms with E-state index in [4.69, 9.17) is 4.98 Å². The summed E-state index contributed by atoms with van der Waals surface area (Å²) < 4.78 is 0. The molecule has 4 rings (SSSR count). The van der Waals surface area contributed by atoms with Crippen molar-refractivity contribution in [2.45, 2.75) is 51.0 Å². The fourth-order valence-electron chi connectivity index (χ4n) is 4.57. The fraction of sp³-hybridized carbons (Fsp3) is 0.500. The van der Waals surface area contributed by atoms with Crippen molar-refractivity contribution >= 4 is 11.8 Å². The van der Waals surface area contributed by atoms with Gasteiger partial charge in [-0.25, -0.2) is 4.98 Å². The number of carbonyl (C=O) groups is 1. The number of hydrogen-bond acceptors (Lipinski definition) is 4. The first kappa shape index (κ1) is 19.9. The van der Waals surface area contributed by atoms with Gasteiger partial charge in [-0.1, -0.05) is 49.2 Å². The summed E-state index contributed by atoms with van der Waals surface area (Å²) in [6.45, 7) is 2.82. The van der Waals surface area contributed by atoms with Crippen LogP contribution in [0, 0.1) is 5.92 Å². The number of hydrogen-bond donors (Lipinski definition) is 2. The molecule has 2 aliphatic rings. The van der Waals surface area contributed by atoms with Gasteiger partial charge in [0.15, 0.2) is 0 Å². The highest BCUT2D eigenvalue weighted by atomic mass is 16.4. The monoisotopic (exact) mass is 393 g/mol. The molecule has 1 fully saturated rings. The second-order valence-corrected chi connectivity index (χ2v) is 8.41. The molecule has 0 spiro atoms. The summed E-state index contributed by atoms with van der Waals surface area (Å²) in [7, 11) is 0. The van der Waals surface area contributed by atoms with Gasteiger partial charge in [0.25, 0.3) is 0 Å². The van der Waals surface area contributed by atoms with Crippen LogP contribution in [0.2, 0.25) is 0 Å². The minimum Gasteiger partial charge on any atom is -0.480 e. The van der Waals surface area contributed by atoms with Crippen LogP contribution >= 0.6 is 0 Å². The Kier molecular flexibility index (Phi) is 6.45. The molecular formula is C24H31N3O2. The molecule has 0 unspecified atom stereocenters. The summed E-state index contributed by atoms with van der Waals surface area (Å²) in [5.74, 6) is 0.975. The molecule has 29 heavy (non-hydrogen) atoms. The number of aryl methyl sites for hydroxylation is 2. The normalized spacial score (nSPS) is 17.8. The van der Waals surface area contributed by atoms with Gasteiger partial charge in [0.2, 0.25) is 0 Å². The second-order valence-electron chi connectivity index (χ2n) is 8.41. The first-order valence-electron chi connectivity index (χ1n) is 10.9. The third-order valence-electron chi connectivity index (χ3n) is 6.20. The summed E-state index contributed by atoms with van der Waals surface area (Å²) in [5.41, 5.74) is 3.43. The van der Waals surface area contributed by atoms with Crippen molar-refractivity contribution in [3.8, 4) is 0 Å². The van der Waals surface area contributed by atoms with Crippen LogP contribution in [0.4, 0.5) is 5.82 Å². The number of carboxylic acid groups (broad SMARTS) is 1. The van der Waals surface area contributed by atoms with Gasteiger partial charge in [0, 0.05) is 25.3 Å². The van der Waals surface area contributed by atoms with Crippen molar-refractivity contribution in [2.24, 2.45) is 5.92 Å². The maximum absolute atomic E-state index is 11.7. The third-order valence-corrected chi connectivity index (χ3v) is 6.20. The molecular weight excluding hydrogens is 362 g/mol. The van der Waals surface area contributed by atoms with Gasteiger partial charge in [-0.3, -0.25) is 9.69 Å². The van der Waals surface area contributed by atoms with Crippen LogP contribution in [0.25, 0.3) is 0 Å². The summed E-state index contributed by atoms with van der Waals surface area (Å²) in [4.78, 5) is 18.6. The van der Waals surface area contributed by atoms with Crippen molar-refractivity contribution < 1.29 is 9.90 Å². The average Bonchev–Trinajstić information content (AvgIpc) is 2.71. The maximum atomic E-state index is 11.7. The van der Waals surface area contributed by atoms with Gasteiger partial charge < -0.3 is 10.4 Å². The van der Waals surface area contributed by atoms with Crippen LogP contribution in [0.15, 0.2) is 42.5 Å². The maximum Gasteiger partial charge on any atom is 0.325 e. The molecule has 5 heteroatoms. The minimum atomic E-state index is -0.748. The van der Waals surface area contributed by atoms with Crippen LogP contribution in [0.1, 0.15) is 55.0 Å². The highest BCUT2D eigenvalue weighted by Gasteiger charge is 2.36. The Labute approximate surface area is 173 Å². The number of nitrogens with one attached hydrogen (secondary N) is 1. The lowest BCUT2D eigenvalue weighted by Crippen LogP contribution is -2.50. The zero-order chi connectivity index (χ0) is 20.1. The van der Waals surface area contributed by atoms with Gasteiger partial charge >= 0.3 is 5.97 Å². The number of benzene rings is 1. The quantitative estimate of drug-likeness (QED) is 0.622. The van der Waals surface area contributed by atoms with Crippen molar-refractivity contribution in [2.75, 3.05) is 25.0 Å². The number of rotatable bonds is 9. The molecule has 1 saturated heterocycles. The Morgan fingerprint density at radius 3 is 2.76 bits per heavy atom. The number of anilines is 1. The molecule has 1 aromatic carbocycles. The molecule has 154 valence electrons. The van der Waals surface area contributed by atoms with E-state index in [1.807, 2.05) is 30.3 Å². The van der Waals surface area contributed by atoms with Gasteiger partial charge in [0.1, 0.15) is 11.9 Å². The van der Waals surface area contributed by atoms with Crippen molar-refractivity contribution in [1.29, 1.82) is 0 Å². The Morgan fingerprint density at radius 2 is 1.97 bits per heavy atom. The Hall–Kier alpha value is -2.40. The van der Waals surface area contributed by atoms with Gasteiger partial charge in [-0.15, -0.1) is 0 Å². The lowest BCUT2D eigenvalue weighted by Gasteiger charge is -2.43. The highest BCUT2D eigenvalue weighted by molar-refractivity contribution is 5.75. The molecule has 1 aromatic heterocycles. The molecule has 0 bridgehead atoms. The third kappa shape index (κ3) is 4.96. The molecule has 0 radical (unpaired) electrons. The summed E-state index contributed by atoms with van der Waals surface area (Å²) >= 11 is 0. The topological polar surface area (TPSA) is 65.5 Å². The predicted octanol–water partition coefficient (Wildman–Crippen LogP) is 4.30. The number of aliphatic carboxylic acids is 1. The van der Waals surface area contributed by atoms with E-state index in [-0.39, 0.29) is 0 Å². The Bertz CT molecular complexity index is 818.